The molecule has 7 rings (SSSR count). The van der Waals surface area contributed by atoms with E-state index in [0.717, 1.165) is 25.7 Å². The van der Waals surface area contributed by atoms with Gasteiger partial charge in [-0.25, -0.2) is 0 Å². The van der Waals surface area contributed by atoms with E-state index in [-0.39, 0.29) is 34.5 Å². The van der Waals surface area contributed by atoms with Crippen LogP contribution in [0, 0.1) is 45.3 Å². The van der Waals surface area contributed by atoms with Gasteiger partial charge in [-0.05, 0) is 107 Å². The molecule has 382 valence electrons. The van der Waals surface area contributed by atoms with Crippen LogP contribution in [-0.2, 0) is 28.4 Å². The van der Waals surface area contributed by atoms with E-state index in [1.54, 1.807) is 13.8 Å². The van der Waals surface area contributed by atoms with Crippen LogP contribution in [0.3, 0.4) is 0 Å². The number of aliphatic hydroxyl groups is 12. The lowest BCUT2D eigenvalue weighted by atomic mass is 9.38. The van der Waals surface area contributed by atoms with Crippen molar-refractivity contribution in [3.63, 3.8) is 0 Å². The van der Waals surface area contributed by atoms with Crippen LogP contribution in [0.25, 0.3) is 0 Å². The largest absolute Gasteiger partial charge is 0.394 e. The molecule has 4 aliphatic carbocycles. The molecule has 66 heavy (non-hydrogen) atoms. The van der Waals surface area contributed by atoms with Crippen LogP contribution in [0.4, 0.5) is 0 Å². The summed E-state index contributed by atoms with van der Waals surface area (Å²) in [4.78, 5) is 0. The number of allylic oxidation sites excluding steroid dienone is 1. The summed E-state index contributed by atoms with van der Waals surface area (Å²) < 4.78 is 35.8. The molecule has 0 aromatic rings. The quantitative estimate of drug-likeness (QED) is 0.108. The summed E-state index contributed by atoms with van der Waals surface area (Å²) in [5.74, 6) is 0.640. The Morgan fingerprint density at radius 1 is 0.697 bits per heavy atom. The molecule has 0 bridgehead atoms. The maximum atomic E-state index is 12.5. The second-order valence-electron chi connectivity index (χ2n) is 23.0. The van der Waals surface area contributed by atoms with Crippen molar-refractivity contribution < 1.29 is 89.7 Å². The monoisotopic (exact) mass is 947 g/mol. The number of rotatable bonds is 13. The Morgan fingerprint density at radius 2 is 1.27 bits per heavy atom. The second-order valence-corrected chi connectivity index (χ2v) is 23.0. The minimum absolute atomic E-state index is 0.0737. The van der Waals surface area contributed by atoms with Gasteiger partial charge in [-0.1, -0.05) is 53.2 Å². The van der Waals surface area contributed by atoms with E-state index in [9.17, 15) is 61.3 Å². The lowest BCUT2D eigenvalue weighted by Crippen LogP contribution is -2.65. The van der Waals surface area contributed by atoms with Gasteiger partial charge in [0.1, 0.15) is 67.1 Å². The van der Waals surface area contributed by atoms with Gasteiger partial charge < -0.3 is 89.7 Å². The van der Waals surface area contributed by atoms with Crippen LogP contribution >= 0.6 is 0 Å². The first-order valence-corrected chi connectivity index (χ1v) is 24.4. The van der Waals surface area contributed by atoms with Gasteiger partial charge in [-0.2, -0.15) is 0 Å². The topological polar surface area (TPSA) is 298 Å². The van der Waals surface area contributed by atoms with Gasteiger partial charge in [-0.15, -0.1) is 0 Å². The average Bonchev–Trinajstić information content (AvgIpc) is 3.53. The highest BCUT2D eigenvalue weighted by molar-refractivity contribution is 5.32. The van der Waals surface area contributed by atoms with Crippen LogP contribution in [0.15, 0.2) is 11.6 Å². The Bertz CT molecular complexity index is 1700. The van der Waals surface area contributed by atoms with Crippen LogP contribution < -0.4 is 0 Å². The summed E-state index contributed by atoms with van der Waals surface area (Å²) in [6.07, 6.45) is -15.6. The Morgan fingerprint density at radius 3 is 1.89 bits per heavy atom. The first kappa shape index (κ1) is 52.8. The molecule has 0 amide bonds. The molecule has 0 spiro atoms. The van der Waals surface area contributed by atoms with Gasteiger partial charge in [0.25, 0.3) is 0 Å². The molecule has 0 unspecified atom stereocenters. The van der Waals surface area contributed by atoms with Crippen molar-refractivity contribution in [2.45, 2.75) is 230 Å². The van der Waals surface area contributed by atoms with E-state index in [4.69, 9.17) is 28.4 Å². The molecule has 3 aliphatic heterocycles. The molecule has 0 aromatic heterocycles. The zero-order valence-electron chi connectivity index (χ0n) is 40.2. The highest BCUT2D eigenvalue weighted by Gasteiger charge is 2.70. The van der Waals surface area contributed by atoms with Gasteiger partial charge in [0.2, 0.25) is 0 Å². The number of hydrogen-bond donors (Lipinski definition) is 12. The molecule has 6 fully saturated rings. The summed E-state index contributed by atoms with van der Waals surface area (Å²) in [7, 11) is 0. The molecule has 3 saturated heterocycles. The standard InChI is InChI=1S/C48H82O18/c1-21(10-14-29(51)45(5,6)66-43-40(37(58)34(55)27(20-50)63-43)65-41-38(59)35(56)32(53)22(2)61-41)23-16-17-46(7)28-13-11-24-25(48(28,9)30(52)18-47(23,46)8)12-15-31(44(24,3)4)64-42-39(60)36(57)33(54)26(19-49)62-42/h11,21-23,25-43,49-60H,10,12-20H2,1-9H3/t21-,22-,23-,25+,26-,27-,28-,29-,30-,31-,32-,33-,34-,35+,36+,37+,38-,39-,40-,41+,42+,43+,46-,47+,48-/m0/s1. The van der Waals surface area contributed by atoms with Crippen molar-refractivity contribution in [2.75, 3.05) is 13.2 Å². The first-order valence-electron chi connectivity index (χ1n) is 24.4. The highest BCUT2D eigenvalue weighted by Crippen LogP contribution is 2.75. The Kier molecular flexibility index (Phi) is 15.4. The number of hydrogen-bond acceptors (Lipinski definition) is 18. The Balaban J connectivity index is 1.02. The fourth-order valence-corrected chi connectivity index (χ4v) is 14.2. The van der Waals surface area contributed by atoms with E-state index in [2.05, 4.69) is 47.6 Å². The first-order chi connectivity index (χ1) is 30.7. The lowest BCUT2D eigenvalue weighted by Gasteiger charge is -2.67. The minimum Gasteiger partial charge on any atom is -0.394 e. The summed E-state index contributed by atoms with van der Waals surface area (Å²) in [5.41, 5.74) is -1.39. The van der Waals surface area contributed by atoms with E-state index in [0.29, 0.717) is 25.7 Å². The summed E-state index contributed by atoms with van der Waals surface area (Å²) in [6, 6.07) is 0. The number of fused-ring (bicyclic) bond motifs is 5. The van der Waals surface area contributed by atoms with Crippen molar-refractivity contribution >= 4 is 0 Å². The van der Waals surface area contributed by atoms with Crippen molar-refractivity contribution in [3.8, 4) is 0 Å². The van der Waals surface area contributed by atoms with Gasteiger partial charge >= 0.3 is 0 Å². The SMILES string of the molecule is C[C@@H]1O[C@H](O[C@@H]2[C@@H](OC(C)(C)[C@@H](O)CC[C@H](C)[C@@H]3CC[C@@]4(C)[C@@H]5CC=C6[C@@H](CC[C@H](O[C@H]7O[C@@H](CO)[C@H](O)[C@@H](O)[C@@H]7O)C6(C)C)[C@]5(C)[C@@H](O)C[C@]34C)O[C@@H](CO)[C@H](O)[C@H]2O)[C@@H](O)[C@H](O)[C@H]1O. The third-order valence-electron chi connectivity index (χ3n) is 18.8. The predicted octanol–water partition coefficient (Wildman–Crippen LogP) is -0.0284. The Labute approximate surface area is 388 Å². The van der Waals surface area contributed by atoms with E-state index >= 15 is 0 Å². The molecule has 3 saturated carbocycles. The zero-order valence-corrected chi connectivity index (χ0v) is 40.2. The van der Waals surface area contributed by atoms with E-state index in [1.807, 2.05) is 0 Å². The number of ether oxygens (including phenoxy) is 6. The summed E-state index contributed by atoms with van der Waals surface area (Å²) in [5, 5.41) is 129. The van der Waals surface area contributed by atoms with Crippen LogP contribution in [0.5, 0.6) is 0 Å². The van der Waals surface area contributed by atoms with E-state index in [1.165, 1.54) is 12.5 Å². The van der Waals surface area contributed by atoms with E-state index < -0.39 is 140 Å². The van der Waals surface area contributed by atoms with Gasteiger partial charge in [0, 0.05) is 10.8 Å². The molecule has 3 heterocycles. The maximum Gasteiger partial charge on any atom is 0.187 e. The van der Waals surface area contributed by atoms with Crippen molar-refractivity contribution in [2.24, 2.45) is 45.3 Å². The third-order valence-corrected chi connectivity index (χ3v) is 18.8. The fourth-order valence-electron chi connectivity index (χ4n) is 14.2. The lowest BCUT2D eigenvalue weighted by molar-refractivity contribution is -0.378. The average molecular weight is 947 g/mol. The minimum atomic E-state index is -1.72. The van der Waals surface area contributed by atoms with Crippen molar-refractivity contribution in [1.29, 1.82) is 0 Å². The summed E-state index contributed by atoms with van der Waals surface area (Å²) >= 11 is 0. The third kappa shape index (κ3) is 8.69. The molecule has 18 heteroatoms. The zero-order chi connectivity index (χ0) is 48.8. The van der Waals surface area contributed by atoms with Crippen LogP contribution in [0.2, 0.25) is 0 Å². The second kappa shape index (κ2) is 19.2. The Hall–Kier alpha value is -0.980. The fraction of sp³-hybridized carbons (Fsp3) is 0.958. The number of aliphatic hydroxyl groups excluding tert-OH is 12. The molecule has 25 atom stereocenters. The van der Waals surface area contributed by atoms with Crippen molar-refractivity contribution in [1.82, 2.24) is 0 Å². The smallest absolute Gasteiger partial charge is 0.187 e. The molecule has 0 aromatic carbocycles. The molecular weight excluding hydrogens is 865 g/mol. The van der Waals surface area contributed by atoms with Crippen molar-refractivity contribution in [3.05, 3.63) is 11.6 Å². The molecular formula is C48H82O18. The summed E-state index contributed by atoms with van der Waals surface area (Å²) in [6.45, 7) is 17.0. The van der Waals surface area contributed by atoms with Gasteiger partial charge in [-0.3, -0.25) is 0 Å². The highest BCUT2D eigenvalue weighted by atomic mass is 16.8. The van der Waals surface area contributed by atoms with Crippen LogP contribution in [0.1, 0.15) is 114 Å². The maximum absolute atomic E-state index is 12.5. The molecule has 12 N–H and O–H groups in total. The van der Waals surface area contributed by atoms with Gasteiger partial charge in [0.05, 0.1) is 43.2 Å². The molecule has 0 radical (unpaired) electrons. The molecule has 18 nitrogen and oxygen atoms in total. The van der Waals surface area contributed by atoms with Gasteiger partial charge in [0.15, 0.2) is 18.9 Å². The van der Waals surface area contributed by atoms with Crippen LogP contribution in [-0.4, -0.2) is 191 Å². The molecule has 7 aliphatic rings. The normalized spacial score (nSPS) is 51.6. The predicted molar refractivity (Wildman–Crippen MR) is 234 cm³/mol.